The fraction of sp³-hybridized carbons (Fsp3) is 0.250. The first-order valence-electron chi connectivity index (χ1n) is 8.92. The Bertz CT molecular complexity index is 1060. The molecule has 2 amide bonds. The molecule has 2 aromatic heterocycles. The molecule has 2 heterocycles. The van der Waals surface area contributed by atoms with Gasteiger partial charge in [0.2, 0.25) is 5.91 Å². The third-order valence-electron chi connectivity index (χ3n) is 4.24. The van der Waals surface area contributed by atoms with Crippen LogP contribution in [-0.2, 0) is 14.3 Å². The number of fused-ring (bicyclic) bond motifs is 1. The predicted octanol–water partition coefficient (Wildman–Crippen LogP) is 1.60. The summed E-state index contributed by atoms with van der Waals surface area (Å²) in [6.45, 7) is 2.96. The van der Waals surface area contributed by atoms with Crippen molar-refractivity contribution < 1.29 is 19.1 Å². The molecule has 3 rings (SSSR count). The van der Waals surface area contributed by atoms with Crippen LogP contribution >= 0.6 is 0 Å². The highest BCUT2D eigenvalue weighted by atomic mass is 16.5. The van der Waals surface area contributed by atoms with E-state index in [1.54, 1.807) is 37.5 Å². The topological polar surface area (TPSA) is 106 Å². The summed E-state index contributed by atoms with van der Waals surface area (Å²) in [6, 6.07) is 9.00. The maximum atomic E-state index is 12.4. The van der Waals surface area contributed by atoms with E-state index >= 15 is 0 Å². The fourth-order valence-electron chi connectivity index (χ4n) is 2.69. The van der Waals surface area contributed by atoms with Crippen LogP contribution in [0.4, 0.5) is 5.69 Å². The molecule has 29 heavy (non-hydrogen) atoms. The molecule has 0 spiro atoms. The maximum absolute atomic E-state index is 12.4. The van der Waals surface area contributed by atoms with Crippen molar-refractivity contribution in [3.05, 3.63) is 59.5 Å². The minimum absolute atomic E-state index is 0.165. The molecular formula is C20H21N5O4. The number of rotatable bonds is 6. The molecule has 3 aromatic rings. The molecular weight excluding hydrogens is 374 g/mol. The molecule has 0 aliphatic carbocycles. The molecule has 150 valence electrons. The molecule has 0 unspecified atom stereocenters. The number of amides is 2. The number of hydrogen-bond acceptors (Lipinski definition) is 6. The van der Waals surface area contributed by atoms with Gasteiger partial charge in [-0.15, -0.1) is 0 Å². The molecule has 9 nitrogen and oxygen atoms in total. The third kappa shape index (κ3) is 4.75. The Kier molecular flexibility index (Phi) is 5.87. The van der Waals surface area contributed by atoms with Gasteiger partial charge in [-0.2, -0.15) is 5.10 Å². The van der Waals surface area contributed by atoms with Gasteiger partial charge in [0.1, 0.15) is 5.56 Å². The zero-order valence-corrected chi connectivity index (χ0v) is 16.4. The molecule has 0 aliphatic rings. The van der Waals surface area contributed by atoms with Crippen LogP contribution in [0.5, 0.6) is 0 Å². The van der Waals surface area contributed by atoms with Crippen molar-refractivity contribution in [2.75, 3.05) is 25.5 Å². The minimum Gasteiger partial charge on any atom is -0.452 e. The highest BCUT2D eigenvalue weighted by Crippen LogP contribution is 2.14. The summed E-state index contributed by atoms with van der Waals surface area (Å²) < 4.78 is 6.58. The van der Waals surface area contributed by atoms with Crippen molar-refractivity contribution in [3.63, 3.8) is 0 Å². The zero-order chi connectivity index (χ0) is 21.0. The molecule has 0 atom stereocenters. The van der Waals surface area contributed by atoms with E-state index in [1.165, 1.54) is 16.5 Å². The molecule has 0 bridgehead atoms. The molecule has 1 N–H and O–H groups in total. The third-order valence-corrected chi connectivity index (χ3v) is 4.24. The van der Waals surface area contributed by atoms with Crippen molar-refractivity contribution in [3.8, 4) is 0 Å². The lowest BCUT2D eigenvalue weighted by Crippen LogP contribution is -2.37. The number of carbonyl (C=O) groups excluding carboxylic acids is 3. The van der Waals surface area contributed by atoms with Gasteiger partial charge in [0, 0.05) is 25.1 Å². The second kappa shape index (κ2) is 8.51. The number of nitrogens with one attached hydrogen (secondary N) is 1. The lowest BCUT2D eigenvalue weighted by molar-refractivity contribution is -0.136. The van der Waals surface area contributed by atoms with Gasteiger partial charge in [0.05, 0.1) is 12.2 Å². The van der Waals surface area contributed by atoms with Crippen LogP contribution in [0.25, 0.3) is 5.65 Å². The molecule has 0 saturated carbocycles. The number of nitrogens with zero attached hydrogens (tertiary/aromatic N) is 4. The fourth-order valence-corrected chi connectivity index (χ4v) is 2.69. The lowest BCUT2D eigenvalue weighted by Gasteiger charge is -2.16. The Morgan fingerprint density at radius 1 is 1.17 bits per heavy atom. The first-order valence-corrected chi connectivity index (χ1v) is 8.92. The summed E-state index contributed by atoms with van der Waals surface area (Å²) in [5.74, 6) is -1.54. The average Bonchev–Trinajstić information content (AvgIpc) is 3.03. The number of esters is 1. The van der Waals surface area contributed by atoms with Crippen molar-refractivity contribution in [1.29, 1.82) is 0 Å². The van der Waals surface area contributed by atoms with Crippen LogP contribution < -0.4 is 5.32 Å². The molecule has 9 heteroatoms. The first kappa shape index (κ1) is 20.0. The van der Waals surface area contributed by atoms with Gasteiger partial charge in [0.25, 0.3) is 5.91 Å². The minimum atomic E-state index is -0.693. The van der Waals surface area contributed by atoms with Crippen LogP contribution in [0, 0.1) is 13.8 Å². The van der Waals surface area contributed by atoms with Crippen LogP contribution in [-0.4, -0.2) is 57.5 Å². The number of ether oxygens (including phenoxy) is 1. The van der Waals surface area contributed by atoms with Gasteiger partial charge in [-0.25, -0.2) is 14.3 Å². The van der Waals surface area contributed by atoms with Crippen molar-refractivity contribution >= 4 is 29.1 Å². The predicted molar refractivity (Wildman–Crippen MR) is 105 cm³/mol. The summed E-state index contributed by atoms with van der Waals surface area (Å²) in [7, 11) is 1.47. The van der Waals surface area contributed by atoms with Crippen molar-refractivity contribution in [2.45, 2.75) is 13.8 Å². The van der Waals surface area contributed by atoms with E-state index in [0.29, 0.717) is 17.0 Å². The number of aryl methyl sites for hydroxylation is 2. The van der Waals surface area contributed by atoms with E-state index in [0.717, 1.165) is 5.56 Å². The van der Waals surface area contributed by atoms with Gasteiger partial charge >= 0.3 is 5.97 Å². The number of carbonyl (C=O) groups is 3. The van der Waals surface area contributed by atoms with Crippen LogP contribution in [0.2, 0.25) is 0 Å². The first-order chi connectivity index (χ1) is 13.8. The van der Waals surface area contributed by atoms with Gasteiger partial charge in [-0.1, -0.05) is 17.7 Å². The summed E-state index contributed by atoms with van der Waals surface area (Å²) in [5, 5.41) is 6.90. The summed E-state index contributed by atoms with van der Waals surface area (Å²) in [4.78, 5) is 42.0. The summed E-state index contributed by atoms with van der Waals surface area (Å²) >= 11 is 0. The SMILES string of the molecule is Cc1ccc(NC(=O)CN(C)C(=O)COC(=O)c2c(C)nn3cccnc23)cc1. The quantitative estimate of drug-likeness (QED) is 0.636. The second-order valence-electron chi connectivity index (χ2n) is 6.59. The number of aromatic nitrogens is 3. The van der Waals surface area contributed by atoms with Gasteiger partial charge in [0.15, 0.2) is 12.3 Å². The van der Waals surface area contributed by atoms with E-state index in [9.17, 15) is 14.4 Å². The Morgan fingerprint density at radius 2 is 1.90 bits per heavy atom. The summed E-state index contributed by atoms with van der Waals surface area (Å²) in [6.07, 6.45) is 3.20. The zero-order valence-electron chi connectivity index (χ0n) is 16.4. The standard InChI is InChI=1S/C20H21N5O4/c1-13-5-7-15(8-6-13)22-16(26)11-24(3)17(27)12-29-20(28)18-14(2)23-25-10-4-9-21-19(18)25/h4-10H,11-12H2,1-3H3,(H,22,26). The van der Waals surface area contributed by atoms with Gasteiger partial charge < -0.3 is 15.0 Å². The summed E-state index contributed by atoms with van der Waals surface area (Å²) in [5.41, 5.74) is 2.73. The molecule has 0 saturated heterocycles. The Hall–Kier alpha value is -3.75. The lowest BCUT2D eigenvalue weighted by atomic mass is 10.2. The molecule has 0 fully saturated rings. The van der Waals surface area contributed by atoms with Crippen LogP contribution in [0.1, 0.15) is 21.6 Å². The normalized spacial score (nSPS) is 10.6. The van der Waals surface area contributed by atoms with Crippen LogP contribution in [0.3, 0.4) is 0 Å². The highest BCUT2D eigenvalue weighted by Gasteiger charge is 2.21. The van der Waals surface area contributed by atoms with E-state index < -0.39 is 18.5 Å². The van der Waals surface area contributed by atoms with Gasteiger partial charge in [-0.3, -0.25) is 9.59 Å². The molecule has 0 aliphatic heterocycles. The van der Waals surface area contributed by atoms with Gasteiger partial charge in [-0.05, 0) is 32.0 Å². The van der Waals surface area contributed by atoms with E-state index in [4.69, 9.17) is 4.74 Å². The Labute approximate surface area is 167 Å². The molecule has 0 radical (unpaired) electrons. The Morgan fingerprint density at radius 3 is 2.62 bits per heavy atom. The van der Waals surface area contributed by atoms with Crippen molar-refractivity contribution in [2.24, 2.45) is 0 Å². The monoisotopic (exact) mass is 395 g/mol. The smallest absolute Gasteiger partial charge is 0.344 e. The number of anilines is 1. The number of likely N-dealkylation sites (N-methyl/N-ethyl adjacent to an activating group) is 1. The number of hydrogen-bond donors (Lipinski definition) is 1. The van der Waals surface area contributed by atoms with Crippen LogP contribution in [0.15, 0.2) is 42.7 Å². The van der Waals surface area contributed by atoms with E-state index in [-0.39, 0.29) is 18.0 Å². The van der Waals surface area contributed by atoms with E-state index in [2.05, 4.69) is 15.4 Å². The van der Waals surface area contributed by atoms with Crippen molar-refractivity contribution in [1.82, 2.24) is 19.5 Å². The largest absolute Gasteiger partial charge is 0.452 e. The second-order valence-corrected chi connectivity index (χ2v) is 6.59. The number of benzene rings is 1. The maximum Gasteiger partial charge on any atom is 0.344 e. The molecule has 1 aromatic carbocycles. The average molecular weight is 395 g/mol. The van der Waals surface area contributed by atoms with E-state index in [1.807, 2.05) is 19.1 Å². The Balaban J connectivity index is 1.54. The highest BCUT2D eigenvalue weighted by molar-refractivity contribution is 5.98.